The Labute approximate surface area is 155 Å². The highest BCUT2D eigenvalue weighted by molar-refractivity contribution is 6.44. The van der Waals surface area contributed by atoms with Crippen molar-refractivity contribution in [2.24, 2.45) is 11.8 Å². The predicted molar refractivity (Wildman–Crippen MR) is 103 cm³/mol. The summed E-state index contributed by atoms with van der Waals surface area (Å²) in [4.78, 5) is -0.861. The van der Waals surface area contributed by atoms with Gasteiger partial charge < -0.3 is 0 Å². The number of benzene rings is 2. The summed E-state index contributed by atoms with van der Waals surface area (Å²) < 4.78 is 13.8. The monoisotopic (exact) mass is 366 g/mol. The van der Waals surface area contributed by atoms with E-state index in [1.54, 1.807) is 12.1 Å². The molecule has 0 aliphatic rings. The average Bonchev–Trinajstić information content (AvgIpc) is 2.48. The second kappa shape index (κ2) is 8.36. The van der Waals surface area contributed by atoms with Crippen LogP contribution in [0.2, 0.25) is 0 Å². The third-order valence-corrected chi connectivity index (χ3v) is 4.50. The van der Waals surface area contributed by atoms with Crippen molar-refractivity contribution in [3.8, 4) is 11.1 Å². The van der Waals surface area contributed by atoms with E-state index in [2.05, 4.69) is 45.9 Å². The van der Waals surface area contributed by atoms with Crippen molar-refractivity contribution in [2.75, 3.05) is 0 Å². The number of hydrogen-bond donors (Lipinski definition) is 0. The van der Waals surface area contributed by atoms with Crippen molar-refractivity contribution >= 4 is 23.2 Å². The van der Waals surface area contributed by atoms with Gasteiger partial charge in [0.15, 0.2) is 0 Å². The third kappa shape index (κ3) is 4.97. The van der Waals surface area contributed by atoms with Crippen LogP contribution < -0.4 is 0 Å². The molecule has 0 fully saturated rings. The molecule has 0 unspecified atom stereocenters. The van der Waals surface area contributed by atoms with E-state index in [-0.39, 0.29) is 5.82 Å². The molecule has 0 radical (unpaired) electrons. The maximum atomic E-state index is 13.8. The standard InChI is InChI=1S/C21H25Cl2F/c1-13(2)9-15-5-6-16(11-18(15)10-14(3)4)17-7-8-20(24)19(12-17)21(22)23/h5-8,11-14,21H,9-10H2,1-4H3. The molecule has 0 amide bonds. The molecule has 0 N–H and O–H groups in total. The molecule has 0 spiro atoms. The summed E-state index contributed by atoms with van der Waals surface area (Å²) in [6.45, 7) is 8.93. The van der Waals surface area contributed by atoms with Gasteiger partial charge in [0.25, 0.3) is 0 Å². The maximum absolute atomic E-state index is 13.8. The molecular formula is C21H25Cl2F. The summed E-state index contributed by atoms with van der Waals surface area (Å²) in [6, 6.07) is 11.5. The molecule has 0 atom stereocenters. The Kier molecular flexibility index (Phi) is 6.71. The van der Waals surface area contributed by atoms with Gasteiger partial charge in [-0.1, -0.05) is 75.2 Å². The van der Waals surface area contributed by atoms with Crippen molar-refractivity contribution in [2.45, 2.75) is 45.4 Å². The Bertz CT molecular complexity index is 690. The number of halogens is 3. The molecule has 0 aliphatic carbocycles. The van der Waals surface area contributed by atoms with E-state index >= 15 is 0 Å². The first-order chi connectivity index (χ1) is 11.3. The summed E-state index contributed by atoms with van der Waals surface area (Å²) in [5, 5.41) is 0. The molecule has 24 heavy (non-hydrogen) atoms. The smallest absolute Gasteiger partial charge is 0.135 e. The minimum absolute atomic E-state index is 0.326. The second-order valence-electron chi connectivity index (χ2n) is 7.22. The van der Waals surface area contributed by atoms with Crippen LogP contribution in [-0.2, 0) is 12.8 Å². The largest absolute Gasteiger partial charge is 0.207 e. The normalized spacial score (nSPS) is 11.8. The highest BCUT2D eigenvalue weighted by Gasteiger charge is 2.13. The zero-order chi connectivity index (χ0) is 17.9. The van der Waals surface area contributed by atoms with Crippen molar-refractivity contribution in [3.63, 3.8) is 0 Å². The molecule has 0 nitrogen and oxygen atoms in total. The Hall–Kier alpha value is -1.05. The van der Waals surface area contributed by atoms with Gasteiger partial charge in [0.1, 0.15) is 10.7 Å². The molecule has 3 heteroatoms. The Morgan fingerprint density at radius 3 is 1.92 bits per heavy atom. The Balaban J connectivity index is 2.45. The van der Waals surface area contributed by atoms with E-state index in [9.17, 15) is 4.39 Å². The molecule has 0 saturated heterocycles. The van der Waals surface area contributed by atoms with E-state index in [4.69, 9.17) is 23.2 Å². The molecule has 0 bridgehead atoms. The lowest BCUT2D eigenvalue weighted by molar-refractivity contribution is 0.615. The van der Waals surface area contributed by atoms with Gasteiger partial charge >= 0.3 is 0 Å². The Morgan fingerprint density at radius 2 is 1.33 bits per heavy atom. The zero-order valence-electron chi connectivity index (χ0n) is 14.7. The highest BCUT2D eigenvalue weighted by atomic mass is 35.5. The van der Waals surface area contributed by atoms with Crippen LogP contribution in [0.3, 0.4) is 0 Å². The van der Waals surface area contributed by atoms with Gasteiger partial charge in [0.2, 0.25) is 0 Å². The van der Waals surface area contributed by atoms with Crippen LogP contribution in [0.15, 0.2) is 36.4 Å². The lowest BCUT2D eigenvalue weighted by Crippen LogP contribution is -2.03. The fraction of sp³-hybridized carbons (Fsp3) is 0.429. The molecule has 0 saturated carbocycles. The first kappa shape index (κ1) is 19.3. The zero-order valence-corrected chi connectivity index (χ0v) is 16.3. The number of hydrogen-bond acceptors (Lipinski definition) is 0. The van der Waals surface area contributed by atoms with Gasteiger partial charge in [-0.15, -0.1) is 0 Å². The minimum atomic E-state index is -0.861. The van der Waals surface area contributed by atoms with Crippen molar-refractivity contribution in [1.29, 1.82) is 0 Å². The molecule has 0 aliphatic heterocycles. The molecular weight excluding hydrogens is 342 g/mol. The predicted octanol–water partition coefficient (Wildman–Crippen LogP) is 7.37. The van der Waals surface area contributed by atoms with Crippen LogP contribution in [-0.4, -0.2) is 0 Å². The summed E-state index contributed by atoms with van der Waals surface area (Å²) in [5.41, 5.74) is 5.12. The summed E-state index contributed by atoms with van der Waals surface area (Å²) in [5.74, 6) is 0.838. The van der Waals surface area contributed by atoms with Crippen molar-refractivity contribution in [1.82, 2.24) is 0 Å². The van der Waals surface area contributed by atoms with Crippen molar-refractivity contribution in [3.05, 3.63) is 58.9 Å². The average molecular weight is 367 g/mol. The van der Waals surface area contributed by atoms with Crippen LogP contribution >= 0.6 is 23.2 Å². The summed E-state index contributed by atoms with van der Waals surface area (Å²) in [7, 11) is 0. The molecule has 130 valence electrons. The molecule has 2 aromatic carbocycles. The molecule has 0 aromatic heterocycles. The van der Waals surface area contributed by atoms with E-state index < -0.39 is 4.84 Å². The van der Waals surface area contributed by atoms with Crippen LogP contribution in [0, 0.1) is 17.7 Å². The van der Waals surface area contributed by atoms with Crippen molar-refractivity contribution < 1.29 is 4.39 Å². The molecule has 0 heterocycles. The topological polar surface area (TPSA) is 0 Å². The fourth-order valence-electron chi connectivity index (χ4n) is 2.96. The quantitative estimate of drug-likeness (QED) is 0.468. The van der Waals surface area contributed by atoms with E-state index in [1.165, 1.54) is 17.2 Å². The van der Waals surface area contributed by atoms with Gasteiger partial charge in [-0.05, 0) is 59.1 Å². The first-order valence-corrected chi connectivity index (χ1v) is 9.35. The Morgan fingerprint density at radius 1 is 0.792 bits per heavy atom. The molecule has 2 rings (SSSR count). The van der Waals surface area contributed by atoms with Gasteiger partial charge in [-0.25, -0.2) is 4.39 Å². The van der Waals surface area contributed by atoms with Gasteiger partial charge in [-0.3, -0.25) is 0 Å². The maximum Gasteiger partial charge on any atom is 0.135 e. The lowest BCUT2D eigenvalue weighted by Gasteiger charge is -2.16. The minimum Gasteiger partial charge on any atom is -0.207 e. The molecule has 2 aromatic rings. The van der Waals surface area contributed by atoms with E-state index in [0.29, 0.717) is 17.4 Å². The SMILES string of the molecule is CC(C)Cc1ccc(-c2ccc(F)c(C(Cl)Cl)c2)cc1CC(C)C. The summed E-state index contributed by atoms with van der Waals surface area (Å²) >= 11 is 11.8. The number of alkyl halides is 2. The van der Waals surface area contributed by atoms with Gasteiger partial charge in [0, 0.05) is 5.56 Å². The van der Waals surface area contributed by atoms with Crippen LogP contribution in [0.4, 0.5) is 4.39 Å². The van der Waals surface area contributed by atoms with E-state index in [0.717, 1.165) is 24.0 Å². The van der Waals surface area contributed by atoms with Gasteiger partial charge in [0.05, 0.1) is 0 Å². The second-order valence-corrected chi connectivity index (χ2v) is 8.31. The fourth-order valence-corrected chi connectivity index (χ4v) is 3.30. The van der Waals surface area contributed by atoms with Crippen LogP contribution in [0.5, 0.6) is 0 Å². The van der Waals surface area contributed by atoms with Gasteiger partial charge in [-0.2, -0.15) is 0 Å². The third-order valence-electron chi connectivity index (χ3n) is 4.03. The highest BCUT2D eigenvalue weighted by Crippen LogP contribution is 2.32. The van der Waals surface area contributed by atoms with Crippen LogP contribution in [0.25, 0.3) is 11.1 Å². The lowest BCUT2D eigenvalue weighted by atomic mass is 9.90. The number of rotatable bonds is 6. The van der Waals surface area contributed by atoms with E-state index in [1.807, 2.05) is 0 Å². The first-order valence-electron chi connectivity index (χ1n) is 8.47. The summed E-state index contributed by atoms with van der Waals surface area (Å²) in [6.07, 6.45) is 2.11. The van der Waals surface area contributed by atoms with Crippen LogP contribution in [0.1, 0.15) is 49.2 Å².